The van der Waals surface area contributed by atoms with Crippen molar-refractivity contribution >= 4 is 17.6 Å². The van der Waals surface area contributed by atoms with Gasteiger partial charge in [-0.05, 0) is 25.0 Å². The van der Waals surface area contributed by atoms with Crippen LogP contribution in [0.2, 0.25) is 0 Å². The summed E-state index contributed by atoms with van der Waals surface area (Å²) in [5.41, 5.74) is 0.667. The third-order valence-electron chi connectivity index (χ3n) is 3.19. The molecule has 0 radical (unpaired) electrons. The predicted molar refractivity (Wildman–Crippen MR) is 69.8 cm³/mol. The van der Waals surface area contributed by atoms with Crippen molar-refractivity contribution in [3.63, 3.8) is 0 Å². The highest BCUT2D eigenvalue weighted by molar-refractivity contribution is 5.94. The second-order valence-corrected chi connectivity index (χ2v) is 4.61. The second kappa shape index (κ2) is 6.33. The van der Waals surface area contributed by atoms with Crippen LogP contribution in [0.1, 0.15) is 19.3 Å². The second-order valence-electron chi connectivity index (χ2n) is 4.61. The third-order valence-corrected chi connectivity index (χ3v) is 3.19. The number of anilines is 1. The zero-order chi connectivity index (χ0) is 13.7. The summed E-state index contributed by atoms with van der Waals surface area (Å²) >= 11 is 0. The Balaban J connectivity index is 2.04. The average molecular weight is 263 g/mol. The number of carbonyl (C=O) groups excluding carboxylic acids is 1. The normalized spacial score (nSPS) is 19.9. The van der Waals surface area contributed by atoms with Crippen LogP contribution >= 0.6 is 0 Å². The van der Waals surface area contributed by atoms with Gasteiger partial charge in [0.15, 0.2) is 0 Å². The minimum Gasteiger partial charge on any atom is -0.481 e. The molecule has 2 rings (SSSR count). The smallest absolute Gasteiger partial charge is 0.304 e. The van der Waals surface area contributed by atoms with Gasteiger partial charge in [0.2, 0.25) is 5.91 Å². The molecule has 0 bridgehead atoms. The van der Waals surface area contributed by atoms with E-state index in [1.54, 1.807) is 12.1 Å². The van der Waals surface area contributed by atoms with Crippen LogP contribution in [0.3, 0.4) is 0 Å². The van der Waals surface area contributed by atoms with Crippen molar-refractivity contribution in [1.29, 1.82) is 0 Å². The lowest BCUT2D eigenvalue weighted by Gasteiger charge is -2.20. The maximum Gasteiger partial charge on any atom is 0.304 e. The molecule has 1 saturated heterocycles. The number of carboxylic acids is 1. The zero-order valence-corrected chi connectivity index (χ0v) is 10.5. The van der Waals surface area contributed by atoms with E-state index in [4.69, 9.17) is 9.84 Å². The Labute approximate surface area is 111 Å². The number of amides is 1. The number of benzene rings is 1. The van der Waals surface area contributed by atoms with Crippen LogP contribution in [0.25, 0.3) is 0 Å². The fourth-order valence-electron chi connectivity index (χ4n) is 2.26. The van der Waals surface area contributed by atoms with Crippen molar-refractivity contribution in [2.24, 2.45) is 5.92 Å². The standard InChI is InChI=1S/C14H17NO4/c16-13(17)9-11(12-7-4-8-19-12)14(18)15-10-5-2-1-3-6-10/h1-3,5-6,11-12H,4,7-9H2,(H,15,18)(H,16,17)/t11-,12-/m0/s1. The molecule has 0 unspecified atom stereocenters. The maximum absolute atomic E-state index is 12.2. The molecular formula is C14H17NO4. The first kappa shape index (κ1) is 13.5. The summed E-state index contributed by atoms with van der Waals surface area (Å²) in [5, 5.41) is 11.7. The van der Waals surface area contributed by atoms with Gasteiger partial charge >= 0.3 is 5.97 Å². The van der Waals surface area contributed by atoms with E-state index >= 15 is 0 Å². The Morgan fingerprint density at radius 2 is 2.11 bits per heavy atom. The monoisotopic (exact) mass is 263 g/mol. The third kappa shape index (κ3) is 3.79. The zero-order valence-electron chi connectivity index (χ0n) is 10.5. The minimum atomic E-state index is -0.983. The molecule has 1 fully saturated rings. The van der Waals surface area contributed by atoms with Gasteiger partial charge in [0, 0.05) is 12.3 Å². The molecule has 1 heterocycles. The molecule has 1 aliphatic rings. The lowest BCUT2D eigenvalue weighted by molar-refractivity contribution is -0.142. The van der Waals surface area contributed by atoms with Gasteiger partial charge in [-0.25, -0.2) is 0 Å². The molecule has 2 N–H and O–H groups in total. The van der Waals surface area contributed by atoms with Crippen molar-refractivity contribution in [3.05, 3.63) is 30.3 Å². The molecule has 0 aliphatic carbocycles. The number of carboxylic acid groups (broad SMARTS) is 1. The van der Waals surface area contributed by atoms with Crippen molar-refractivity contribution in [2.75, 3.05) is 11.9 Å². The highest BCUT2D eigenvalue weighted by Crippen LogP contribution is 2.24. The number of nitrogens with one attached hydrogen (secondary N) is 1. The molecule has 2 atom stereocenters. The molecule has 102 valence electrons. The topological polar surface area (TPSA) is 75.6 Å². The number of carbonyl (C=O) groups is 2. The lowest BCUT2D eigenvalue weighted by atomic mass is 9.95. The molecule has 5 heteroatoms. The van der Waals surface area contributed by atoms with Gasteiger partial charge in [-0.1, -0.05) is 18.2 Å². The largest absolute Gasteiger partial charge is 0.481 e. The molecule has 5 nitrogen and oxygen atoms in total. The first-order chi connectivity index (χ1) is 9.16. The van der Waals surface area contributed by atoms with Gasteiger partial charge in [-0.15, -0.1) is 0 Å². The molecule has 0 saturated carbocycles. The summed E-state index contributed by atoms with van der Waals surface area (Å²) in [7, 11) is 0. The molecule has 0 spiro atoms. The van der Waals surface area contributed by atoms with E-state index < -0.39 is 11.9 Å². The number of aliphatic carboxylic acids is 1. The van der Waals surface area contributed by atoms with Gasteiger partial charge < -0.3 is 15.2 Å². The number of para-hydroxylation sites is 1. The van der Waals surface area contributed by atoms with Gasteiger partial charge in [-0.2, -0.15) is 0 Å². The van der Waals surface area contributed by atoms with Crippen LogP contribution in [-0.2, 0) is 14.3 Å². The van der Waals surface area contributed by atoms with E-state index in [9.17, 15) is 9.59 Å². The first-order valence-electron chi connectivity index (χ1n) is 6.36. The highest BCUT2D eigenvalue weighted by atomic mass is 16.5. The maximum atomic E-state index is 12.2. The SMILES string of the molecule is O=C(O)C[C@H](C(=O)Nc1ccccc1)[C@@H]1CCCO1. The number of ether oxygens (including phenoxy) is 1. The summed E-state index contributed by atoms with van der Waals surface area (Å²) in [4.78, 5) is 23.1. The van der Waals surface area contributed by atoms with E-state index in [1.165, 1.54) is 0 Å². The quantitative estimate of drug-likeness (QED) is 0.850. The van der Waals surface area contributed by atoms with Crippen LogP contribution in [0.15, 0.2) is 30.3 Å². The fourth-order valence-corrected chi connectivity index (χ4v) is 2.26. The van der Waals surface area contributed by atoms with Crippen LogP contribution in [0, 0.1) is 5.92 Å². The van der Waals surface area contributed by atoms with E-state index in [1.807, 2.05) is 18.2 Å². The Bertz CT molecular complexity index is 440. The van der Waals surface area contributed by atoms with Crippen molar-refractivity contribution in [1.82, 2.24) is 0 Å². The summed E-state index contributed by atoms with van der Waals surface area (Å²) in [6.07, 6.45) is 1.11. The molecule has 1 amide bonds. The first-order valence-corrected chi connectivity index (χ1v) is 6.36. The molecule has 1 aromatic carbocycles. The van der Waals surface area contributed by atoms with E-state index in [0.29, 0.717) is 12.3 Å². The molecule has 19 heavy (non-hydrogen) atoms. The van der Waals surface area contributed by atoms with Gasteiger partial charge in [-0.3, -0.25) is 9.59 Å². The summed E-state index contributed by atoms with van der Waals surface area (Å²) < 4.78 is 5.45. The summed E-state index contributed by atoms with van der Waals surface area (Å²) in [6.45, 7) is 0.597. The van der Waals surface area contributed by atoms with E-state index in [-0.39, 0.29) is 18.4 Å². The lowest BCUT2D eigenvalue weighted by Crippen LogP contribution is -2.34. The van der Waals surface area contributed by atoms with Crippen LogP contribution < -0.4 is 5.32 Å². The van der Waals surface area contributed by atoms with E-state index in [2.05, 4.69) is 5.32 Å². The van der Waals surface area contributed by atoms with Gasteiger partial charge in [0.1, 0.15) is 0 Å². The Kier molecular flexibility index (Phi) is 4.52. The fraction of sp³-hybridized carbons (Fsp3) is 0.429. The number of hydrogen-bond donors (Lipinski definition) is 2. The highest BCUT2D eigenvalue weighted by Gasteiger charge is 2.33. The van der Waals surface area contributed by atoms with Crippen LogP contribution in [-0.4, -0.2) is 29.7 Å². The number of rotatable bonds is 5. The predicted octanol–water partition coefficient (Wildman–Crippen LogP) is 1.90. The van der Waals surface area contributed by atoms with Gasteiger partial charge in [0.25, 0.3) is 0 Å². The van der Waals surface area contributed by atoms with Crippen molar-refractivity contribution in [2.45, 2.75) is 25.4 Å². The van der Waals surface area contributed by atoms with Crippen molar-refractivity contribution < 1.29 is 19.4 Å². The molecule has 1 aliphatic heterocycles. The Morgan fingerprint density at radius 1 is 1.37 bits per heavy atom. The minimum absolute atomic E-state index is 0.205. The Morgan fingerprint density at radius 3 is 2.68 bits per heavy atom. The molecular weight excluding hydrogens is 246 g/mol. The average Bonchev–Trinajstić information content (AvgIpc) is 2.90. The van der Waals surface area contributed by atoms with Crippen molar-refractivity contribution in [3.8, 4) is 0 Å². The summed E-state index contributed by atoms with van der Waals surface area (Å²) in [5.74, 6) is -1.91. The Hall–Kier alpha value is -1.88. The number of hydrogen-bond acceptors (Lipinski definition) is 3. The van der Waals surface area contributed by atoms with Crippen LogP contribution in [0.5, 0.6) is 0 Å². The van der Waals surface area contributed by atoms with E-state index in [0.717, 1.165) is 12.8 Å². The van der Waals surface area contributed by atoms with Crippen LogP contribution in [0.4, 0.5) is 5.69 Å². The van der Waals surface area contributed by atoms with Gasteiger partial charge in [0.05, 0.1) is 18.4 Å². The molecule has 0 aromatic heterocycles. The summed E-state index contributed by atoms with van der Waals surface area (Å²) in [6, 6.07) is 9.02. The molecule has 1 aromatic rings.